The Morgan fingerprint density at radius 1 is 1.14 bits per heavy atom. The molecule has 1 amide bonds. The molecule has 0 radical (unpaired) electrons. The van der Waals surface area contributed by atoms with Crippen molar-refractivity contribution in [3.05, 3.63) is 54.4 Å². The summed E-state index contributed by atoms with van der Waals surface area (Å²) in [7, 11) is 0. The second-order valence-electron chi connectivity index (χ2n) is 5.17. The zero-order valence-corrected chi connectivity index (χ0v) is 11.8. The zero-order chi connectivity index (χ0) is 14.5. The van der Waals surface area contributed by atoms with Gasteiger partial charge in [-0.1, -0.05) is 18.2 Å². The maximum Gasteiger partial charge on any atom is 0.251 e. The number of amides is 1. The van der Waals surface area contributed by atoms with E-state index >= 15 is 0 Å². The summed E-state index contributed by atoms with van der Waals surface area (Å²) < 4.78 is 0. The highest BCUT2D eigenvalue weighted by atomic mass is 16.1. The van der Waals surface area contributed by atoms with E-state index in [4.69, 9.17) is 0 Å². The average Bonchev–Trinajstić information content (AvgIpc) is 2.57. The number of anilines is 1. The van der Waals surface area contributed by atoms with Crippen LogP contribution in [0.1, 0.15) is 23.2 Å². The van der Waals surface area contributed by atoms with E-state index in [1.165, 1.54) is 0 Å². The van der Waals surface area contributed by atoms with E-state index in [1.54, 1.807) is 12.4 Å². The molecule has 0 bridgehead atoms. The van der Waals surface area contributed by atoms with Gasteiger partial charge in [-0.25, -0.2) is 9.97 Å². The molecular weight excluding hydrogens is 264 g/mol. The predicted molar refractivity (Wildman–Crippen MR) is 81.2 cm³/mol. The summed E-state index contributed by atoms with van der Waals surface area (Å²) in [6.07, 6.45) is 5.50. The summed E-state index contributed by atoms with van der Waals surface area (Å²) >= 11 is 0. The summed E-state index contributed by atoms with van der Waals surface area (Å²) in [5, 5.41) is 3.10. The van der Waals surface area contributed by atoms with Gasteiger partial charge in [0.25, 0.3) is 5.91 Å². The Bertz CT molecular complexity index is 588. The molecule has 5 heteroatoms. The molecule has 0 spiro atoms. The van der Waals surface area contributed by atoms with E-state index in [0.717, 1.165) is 31.9 Å². The van der Waals surface area contributed by atoms with Crippen molar-refractivity contribution in [2.24, 2.45) is 0 Å². The topological polar surface area (TPSA) is 58.1 Å². The van der Waals surface area contributed by atoms with Crippen molar-refractivity contribution >= 4 is 11.9 Å². The fourth-order valence-electron chi connectivity index (χ4n) is 2.59. The molecule has 2 aromatic rings. The van der Waals surface area contributed by atoms with Crippen LogP contribution in [0.25, 0.3) is 0 Å². The zero-order valence-electron chi connectivity index (χ0n) is 11.8. The molecule has 21 heavy (non-hydrogen) atoms. The maximum absolute atomic E-state index is 12.2. The van der Waals surface area contributed by atoms with Crippen molar-refractivity contribution in [3.8, 4) is 0 Å². The third kappa shape index (κ3) is 3.37. The fourth-order valence-corrected chi connectivity index (χ4v) is 2.59. The Hall–Kier alpha value is -2.43. The van der Waals surface area contributed by atoms with E-state index < -0.39 is 0 Å². The van der Waals surface area contributed by atoms with Crippen LogP contribution in [0.2, 0.25) is 0 Å². The number of benzene rings is 1. The number of hydrogen-bond donors (Lipinski definition) is 1. The van der Waals surface area contributed by atoms with Gasteiger partial charge in [-0.15, -0.1) is 0 Å². The highest BCUT2D eigenvalue weighted by Crippen LogP contribution is 2.15. The second-order valence-corrected chi connectivity index (χ2v) is 5.17. The van der Waals surface area contributed by atoms with Crippen molar-refractivity contribution < 1.29 is 4.79 Å². The van der Waals surface area contributed by atoms with Gasteiger partial charge in [-0.3, -0.25) is 4.79 Å². The number of hydrogen-bond acceptors (Lipinski definition) is 4. The number of piperidine rings is 1. The predicted octanol–water partition coefficient (Wildman–Crippen LogP) is 1.88. The summed E-state index contributed by atoms with van der Waals surface area (Å²) in [6, 6.07) is 11.3. The van der Waals surface area contributed by atoms with Crippen molar-refractivity contribution in [2.75, 3.05) is 18.0 Å². The van der Waals surface area contributed by atoms with Crippen molar-refractivity contribution in [3.63, 3.8) is 0 Å². The van der Waals surface area contributed by atoms with Crippen LogP contribution in [0.4, 0.5) is 5.95 Å². The first-order valence-electron chi connectivity index (χ1n) is 7.21. The molecule has 1 atom stereocenters. The molecule has 0 saturated carbocycles. The molecular formula is C16H18N4O. The van der Waals surface area contributed by atoms with Gasteiger partial charge in [0.05, 0.1) is 0 Å². The van der Waals surface area contributed by atoms with E-state index in [9.17, 15) is 4.79 Å². The standard InChI is InChI=1S/C16H18N4O/c21-15(13-6-2-1-3-7-13)19-14-8-4-11-20(12-14)16-17-9-5-10-18-16/h1-3,5-7,9-10,14H,4,8,11-12H2,(H,19,21). The van der Waals surface area contributed by atoms with Gasteiger partial charge in [-0.2, -0.15) is 0 Å². The normalized spacial score (nSPS) is 18.3. The molecule has 5 nitrogen and oxygen atoms in total. The lowest BCUT2D eigenvalue weighted by Crippen LogP contribution is -2.48. The molecule has 108 valence electrons. The molecule has 1 aliphatic heterocycles. The summed E-state index contributed by atoms with van der Waals surface area (Å²) in [4.78, 5) is 22.9. The quantitative estimate of drug-likeness (QED) is 0.933. The van der Waals surface area contributed by atoms with Crippen LogP contribution in [0, 0.1) is 0 Å². The molecule has 1 unspecified atom stereocenters. The van der Waals surface area contributed by atoms with Crippen LogP contribution in [-0.4, -0.2) is 35.0 Å². The lowest BCUT2D eigenvalue weighted by molar-refractivity contribution is 0.0933. The van der Waals surface area contributed by atoms with Gasteiger partial charge in [0.2, 0.25) is 5.95 Å². The molecule has 2 heterocycles. The molecule has 0 aliphatic carbocycles. The van der Waals surface area contributed by atoms with Gasteiger partial charge in [0, 0.05) is 37.1 Å². The first kappa shape index (κ1) is 13.5. The largest absolute Gasteiger partial charge is 0.348 e. The smallest absolute Gasteiger partial charge is 0.251 e. The van der Waals surface area contributed by atoms with Crippen molar-refractivity contribution in [1.29, 1.82) is 0 Å². The Labute approximate surface area is 124 Å². The van der Waals surface area contributed by atoms with E-state index in [0.29, 0.717) is 5.56 Å². The minimum Gasteiger partial charge on any atom is -0.348 e. The van der Waals surface area contributed by atoms with Crippen LogP contribution in [0.3, 0.4) is 0 Å². The third-order valence-corrected chi connectivity index (χ3v) is 3.63. The van der Waals surface area contributed by atoms with E-state index in [1.807, 2.05) is 36.4 Å². The summed E-state index contributed by atoms with van der Waals surface area (Å²) in [5.41, 5.74) is 0.700. The van der Waals surface area contributed by atoms with Gasteiger partial charge >= 0.3 is 0 Å². The lowest BCUT2D eigenvalue weighted by atomic mass is 10.1. The number of carbonyl (C=O) groups is 1. The molecule has 3 rings (SSSR count). The average molecular weight is 282 g/mol. The molecule has 1 saturated heterocycles. The highest BCUT2D eigenvalue weighted by Gasteiger charge is 2.23. The Morgan fingerprint density at radius 3 is 2.67 bits per heavy atom. The minimum absolute atomic E-state index is 0.0172. The van der Waals surface area contributed by atoms with Crippen LogP contribution in [-0.2, 0) is 0 Å². The first-order chi connectivity index (χ1) is 10.3. The number of aromatic nitrogens is 2. The van der Waals surface area contributed by atoms with E-state index in [-0.39, 0.29) is 11.9 Å². The maximum atomic E-state index is 12.2. The minimum atomic E-state index is -0.0172. The van der Waals surface area contributed by atoms with Crippen LogP contribution in [0.5, 0.6) is 0 Å². The van der Waals surface area contributed by atoms with Crippen molar-refractivity contribution in [1.82, 2.24) is 15.3 Å². The van der Waals surface area contributed by atoms with Gasteiger partial charge < -0.3 is 10.2 Å². The summed E-state index contributed by atoms with van der Waals surface area (Å²) in [6.45, 7) is 1.68. The lowest BCUT2D eigenvalue weighted by Gasteiger charge is -2.33. The molecule has 1 aromatic heterocycles. The third-order valence-electron chi connectivity index (χ3n) is 3.63. The number of carbonyl (C=O) groups excluding carboxylic acids is 1. The van der Waals surface area contributed by atoms with Crippen molar-refractivity contribution in [2.45, 2.75) is 18.9 Å². The monoisotopic (exact) mass is 282 g/mol. The molecule has 1 N–H and O–H groups in total. The highest BCUT2D eigenvalue weighted by molar-refractivity contribution is 5.94. The van der Waals surface area contributed by atoms with Gasteiger partial charge in [-0.05, 0) is 31.0 Å². The van der Waals surface area contributed by atoms with Crippen LogP contribution in [0.15, 0.2) is 48.8 Å². The first-order valence-corrected chi connectivity index (χ1v) is 7.21. The second kappa shape index (κ2) is 6.35. The molecule has 1 aliphatic rings. The van der Waals surface area contributed by atoms with E-state index in [2.05, 4.69) is 20.2 Å². The van der Waals surface area contributed by atoms with Crippen LogP contribution >= 0.6 is 0 Å². The van der Waals surface area contributed by atoms with Crippen LogP contribution < -0.4 is 10.2 Å². The Kier molecular flexibility index (Phi) is 4.09. The van der Waals surface area contributed by atoms with Gasteiger partial charge in [0.1, 0.15) is 0 Å². The fraction of sp³-hybridized carbons (Fsp3) is 0.312. The number of rotatable bonds is 3. The van der Waals surface area contributed by atoms with Gasteiger partial charge in [0.15, 0.2) is 0 Å². The molecule has 1 aromatic carbocycles. The molecule has 1 fully saturated rings. The SMILES string of the molecule is O=C(NC1CCCN(c2ncccn2)C1)c1ccccc1. The number of nitrogens with one attached hydrogen (secondary N) is 1. The summed E-state index contributed by atoms with van der Waals surface area (Å²) in [5.74, 6) is 0.715. The Morgan fingerprint density at radius 2 is 1.90 bits per heavy atom. The Balaban J connectivity index is 1.63. The number of nitrogens with zero attached hydrogens (tertiary/aromatic N) is 3.